The van der Waals surface area contributed by atoms with Crippen molar-refractivity contribution in [2.24, 2.45) is 11.8 Å². The molecule has 0 saturated carbocycles. The molecule has 0 aromatic heterocycles. The monoisotopic (exact) mass is 1550 g/mol. The largest absolute Gasteiger partial charge is 0.472 e. The summed E-state index contributed by atoms with van der Waals surface area (Å²) in [6.45, 7) is 9.62. The normalized spacial score (nSPS) is 13.8. The lowest BCUT2D eigenvalue weighted by molar-refractivity contribution is -0.161. The number of ether oxygens (including phenoxy) is 4. The number of hydrogen-bond donors (Lipinski definition) is 3. The molecule has 0 rings (SSSR count). The summed E-state index contributed by atoms with van der Waals surface area (Å²) in [7, 11) is -9.93. The Morgan fingerprint density at radius 2 is 0.434 bits per heavy atom. The molecule has 0 amide bonds. The van der Waals surface area contributed by atoms with Crippen LogP contribution in [0.25, 0.3) is 0 Å². The van der Waals surface area contributed by atoms with Crippen LogP contribution in [-0.2, 0) is 65.4 Å². The van der Waals surface area contributed by atoms with E-state index in [1.54, 1.807) is 0 Å². The minimum atomic E-state index is -4.97. The summed E-state index contributed by atoms with van der Waals surface area (Å²) in [5, 5.41) is 10.7. The van der Waals surface area contributed by atoms with Gasteiger partial charge in [-0.1, -0.05) is 414 Å². The second kappa shape index (κ2) is 78.3. The molecule has 0 aliphatic carbocycles. The lowest BCUT2D eigenvalue weighted by Gasteiger charge is -2.21. The molecule has 0 aliphatic heterocycles. The predicted octanol–water partition coefficient (Wildman–Crippen LogP) is 26.6. The Kier molecular flexibility index (Phi) is 76.9. The maximum absolute atomic E-state index is 13.2. The van der Waals surface area contributed by atoms with Gasteiger partial charge in [0.25, 0.3) is 0 Å². The Balaban J connectivity index is 5.21. The van der Waals surface area contributed by atoms with Gasteiger partial charge in [0.1, 0.15) is 19.3 Å². The van der Waals surface area contributed by atoms with E-state index < -0.39 is 97.5 Å². The van der Waals surface area contributed by atoms with Gasteiger partial charge in [0.15, 0.2) is 12.2 Å². The highest BCUT2D eigenvalue weighted by molar-refractivity contribution is 7.47. The molecule has 5 atom stereocenters. The predicted molar refractivity (Wildman–Crippen MR) is 437 cm³/mol. The van der Waals surface area contributed by atoms with Crippen LogP contribution in [0.15, 0.2) is 0 Å². The number of phosphoric ester groups is 2. The number of carbonyl (C=O) groups is 4. The van der Waals surface area contributed by atoms with Crippen LogP contribution in [0.3, 0.4) is 0 Å². The lowest BCUT2D eigenvalue weighted by atomic mass is 10.0. The Bertz CT molecular complexity index is 2030. The summed E-state index contributed by atoms with van der Waals surface area (Å²) in [6.07, 6.45) is 71.1. The molecular weight excluding hydrogens is 1380 g/mol. The molecular formula is C87H170O17P2. The molecule has 3 N–H and O–H groups in total. The summed E-state index contributed by atoms with van der Waals surface area (Å²) >= 11 is 0. The first-order chi connectivity index (χ1) is 51.4. The Morgan fingerprint density at radius 1 is 0.255 bits per heavy atom. The van der Waals surface area contributed by atoms with E-state index in [4.69, 9.17) is 37.0 Å². The van der Waals surface area contributed by atoms with E-state index in [-0.39, 0.29) is 25.7 Å². The molecule has 17 nitrogen and oxygen atoms in total. The standard InChI is InChI=1S/C87H170O17P2/c1-7-9-11-13-15-17-19-21-23-25-27-29-31-33-35-37-39-44-51-57-63-69-84(89)97-75-82(103-86(91)71-65-59-53-45-40-38-36-34-32-30-28-26-24-22-20-18-16-14-12-10-8-2)77-101-105(93,94)99-73-81(88)74-100-106(95,96)102-78-83(76-98-85(90)70-64-58-52-48-47-50-56-62-68-80(5)6)104-87(92)72-66-60-54-46-42-41-43-49-55-61-67-79(3)4/h79-83,88H,7-78H2,1-6H3,(H,93,94)(H,95,96)/t81-,82-,83-/m1/s1. The van der Waals surface area contributed by atoms with Gasteiger partial charge in [0.05, 0.1) is 26.4 Å². The number of aliphatic hydroxyl groups excluding tert-OH is 1. The second-order valence-corrected chi connectivity index (χ2v) is 35.1. The highest BCUT2D eigenvalue weighted by Gasteiger charge is 2.30. The molecule has 0 bridgehead atoms. The van der Waals surface area contributed by atoms with Crippen LogP contribution < -0.4 is 0 Å². The van der Waals surface area contributed by atoms with Gasteiger partial charge in [-0.15, -0.1) is 0 Å². The Labute approximate surface area is 651 Å². The first-order valence-corrected chi connectivity index (χ1v) is 48.0. The number of rotatable bonds is 86. The van der Waals surface area contributed by atoms with Gasteiger partial charge in [-0.2, -0.15) is 0 Å². The van der Waals surface area contributed by atoms with Crippen molar-refractivity contribution in [2.75, 3.05) is 39.6 Å². The summed E-state index contributed by atoms with van der Waals surface area (Å²) in [4.78, 5) is 73.2. The van der Waals surface area contributed by atoms with Gasteiger partial charge in [-0.05, 0) is 37.5 Å². The zero-order valence-corrected chi connectivity index (χ0v) is 71.5. The van der Waals surface area contributed by atoms with E-state index in [0.29, 0.717) is 25.7 Å². The lowest BCUT2D eigenvalue weighted by Crippen LogP contribution is -2.30. The van der Waals surface area contributed by atoms with Crippen LogP contribution >= 0.6 is 15.6 Å². The van der Waals surface area contributed by atoms with Gasteiger partial charge < -0.3 is 33.8 Å². The highest BCUT2D eigenvalue weighted by Crippen LogP contribution is 2.45. The number of aliphatic hydroxyl groups is 1. The van der Waals surface area contributed by atoms with Crippen molar-refractivity contribution in [1.29, 1.82) is 0 Å². The Hall–Kier alpha value is -1.94. The van der Waals surface area contributed by atoms with Crippen molar-refractivity contribution >= 4 is 39.5 Å². The molecule has 0 aromatic carbocycles. The molecule has 0 aliphatic rings. The third-order valence-electron chi connectivity index (χ3n) is 20.5. The van der Waals surface area contributed by atoms with Crippen LogP contribution in [0.1, 0.15) is 465 Å². The second-order valence-electron chi connectivity index (χ2n) is 32.2. The van der Waals surface area contributed by atoms with Gasteiger partial charge in [0.2, 0.25) is 0 Å². The smallest absolute Gasteiger partial charge is 0.462 e. The molecule has 0 spiro atoms. The quantitative estimate of drug-likeness (QED) is 0.0222. The summed E-state index contributed by atoms with van der Waals surface area (Å²) in [6, 6.07) is 0. The fourth-order valence-electron chi connectivity index (χ4n) is 13.6. The SMILES string of the molecule is CCCCCCCCCCCCCCCCCCCCCCCC(=O)OC[C@H](COP(=O)(O)OC[C@@H](O)COP(=O)(O)OC[C@@H](COC(=O)CCCCCCCCCCC(C)C)OC(=O)CCCCCCCCCCCCC(C)C)OC(=O)CCCCCCCCCCCCCCCCCCCCCCC. The zero-order valence-electron chi connectivity index (χ0n) is 69.7. The van der Waals surface area contributed by atoms with Gasteiger partial charge >= 0.3 is 39.5 Å². The van der Waals surface area contributed by atoms with E-state index in [9.17, 15) is 43.2 Å². The summed E-state index contributed by atoms with van der Waals surface area (Å²) in [5.41, 5.74) is 0. The third-order valence-corrected chi connectivity index (χ3v) is 22.4. The maximum Gasteiger partial charge on any atom is 0.472 e. The van der Waals surface area contributed by atoms with Crippen molar-refractivity contribution < 1.29 is 80.2 Å². The summed E-state index contributed by atoms with van der Waals surface area (Å²) < 4.78 is 68.9. The zero-order chi connectivity index (χ0) is 77.8. The van der Waals surface area contributed by atoms with E-state index in [1.807, 2.05) is 0 Å². The van der Waals surface area contributed by atoms with Gasteiger partial charge in [-0.3, -0.25) is 37.3 Å². The first kappa shape index (κ1) is 104. The molecule has 0 fully saturated rings. The fourth-order valence-corrected chi connectivity index (χ4v) is 15.2. The molecule has 0 aromatic rings. The van der Waals surface area contributed by atoms with Crippen molar-refractivity contribution in [3.63, 3.8) is 0 Å². The fraction of sp³-hybridized carbons (Fsp3) is 0.954. The first-order valence-electron chi connectivity index (χ1n) is 45.0. The van der Waals surface area contributed by atoms with Crippen LogP contribution in [0.5, 0.6) is 0 Å². The number of carbonyl (C=O) groups excluding carboxylic acids is 4. The topological polar surface area (TPSA) is 237 Å². The van der Waals surface area contributed by atoms with E-state index >= 15 is 0 Å². The number of unbranched alkanes of at least 4 members (excludes halogenated alkanes) is 56. The van der Waals surface area contributed by atoms with E-state index in [2.05, 4.69) is 41.5 Å². The molecule has 0 radical (unpaired) electrons. The average molecular weight is 1550 g/mol. The van der Waals surface area contributed by atoms with E-state index in [1.165, 1.54) is 283 Å². The molecule has 630 valence electrons. The van der Waals surface area contributed by atoms with Gasteiger partial charge in [0, 0.05) is 25.7 Å². The van der Waals surface area contributed by atoms with Crippen LogP contribution in [0.4, 0.5) is 0 Å². The van der Waals surface area contributed by atoms with E-state index in [0.717, 1.165) is 102 Å². The number of hydrogen-bond acceptors (Lipinski definition) is 15. The molecule has 2 unspecified atom stereocenters. The number of esters is 4. The van der Waals surface area contributed by atoms with Crippen molar-refractivity contribution in [3.05, 3.63) is 0 Å². The molecule has 106 heavy (non-hydrogen) atoms. The highest BCUT2D eigenvalue weighted by atomic mass is 31.2. The van der Waals surface area contributed by atoms with Crippen LogP contribution in [0.2, 0.25) is 0 Å². The average Bonchev–Trinajstić information content (AvgIpc) is 0.902. The molecule has 0 heterocycles. The minimum Gasteiger partial charge on any atom is -0.462 e. The molecule has 19 heteroatoms. The molecule has 0 saturated heterocycles. The minimum absolute atomic E-state index is 0.106. The Morgan fingerprint density at radius 3 is 0.642 bits per heavy atom. The van der Waals surface area contributed by atoms with Crippen molar-refractivity contribution in [3.8, 4) is 0 Å². The van der Waals surface area contributed by atoms with Crippen molar-refractivity contribution in [2.45, 2.75) is 484 Å². The van der Waals surface area contributed by atoms with Crippen molar-refractivity contribution in [1.82, 2.24) is 0 Å². The number of phosphoric acid groups is 2. The summed E-state index contributed by atoms with van der Waals surface area (Å²) in [5.74, 6) is -0.626. The maximum atomic E-state index is 13.2. The van der Waals surface area contributed by atoms with Gasteiger partial charge in [-0.25, -0.2) is 9.13 Å². The van der Waals surface area contributed by atoms with Crippen LogP contribution in [-0.4, -0.2) is 96.7 Å². The van der Waals surface area contributed by atoms with Crippen LogP contribution in [0, 0.1) is 11.8 Å². The third kappa shape index (κ3) is 80.1.